The number of nitrogens with zero attached hydrogens (tertiary/aromatic N) is 3. The normalized spacial score (nSPS) is 16.4. The fourth-order valence-electron chi connectivity index (χ4n) is 3.27. The van der Waals surface area contributed by atoms with E-state index in [1.165, 1.54) is 22.6 Å². The summed E-state index contributed by atoms with van der Waals surface area (Å²) in [6, 6.07) is 7.96. The first-order chi connectivity index (χ1) is 13.5. The summed E-state index contributed by atoms with van der Waals surface area (Å²) in [6.45, 7) is 2.44. The van der Waals surface area contributed by atoms with Crippen molar-refractivity contribution in [2.24, 2.45) is 11.7 Å². The molecule has 1 atom stereocenters. The Balaban J connectivity index is 1.59. The van der Waals surface area contributed by atoms with Gasteiger partial charge in [0, 0.05) is 24.8 Å². The predicted octanol–water partition coefficient (Wildman–Crippen LogP) is 1.70. The van der Waals surface area contributed by atoms with E-state index in [0.717, 1.165) is 24.9 Å². The Hall–Kier alpha value is -3.16. The van der Waals surface area contributed by atoms with Crippen LogP contribution in [0.5, 0.6) is 0 Å². The van der Waals surface area contributed by atoms with Gasteiger partial charge in [-0.15, -0.1) is 0 Å². The lowest BCUT2D eigenvalue weighted by molar-refractivity contribution is -0.122. The van der Waals surface area contributed by atoms with Gasteiger partial charge in [-0.25, -0.2) is 0 Å². The summed E-state index contributed by atoms with van der Waals surface area (Å²) in [4.78, 5) is 37.5. The van der Waals surface area contributed by atoms with E-state index in [-0.39, 0.29) is 24.8 Å². The summed E-state index contributed by atoms with van der Waals surface area (Å²) >= 11 is 0. The molecule has 1 aromatic carbocycles. The quantitative estimate of drug-likeness (QED) is 0.723. The minimum Gasteiger partial charge on any atom is -0.368 e. The lowest BCUT2D eigenvalue weighted by Crippen LogP contribution is -2.28. The molecular formula is C20H25N5O3. The molecule has 3 N–H and O–H groups in total. The van der Waals surface area contributed by atoms with Gasteiger partial charge >= 0.3 is 0 Å². The molecule has 3 amide bonds. The molecule has 1 unspecified atom stereocenters. The Kier molecular flexibility index (Phi) is 6.08. The van der Waals surface area contributed by atoms with Crippen LogP contribution in [0.25, 0.3) is 0 Å². The topological polar surface area (TPSA) is 110 Å². The Bertz CT molecular complexity index is 859. The third-order valence-electron chi connectivity index (χ3n) is 4.78. The van der Waals surface area contributed by atoms with Crippen LogP contribution >= 0.6 is 0 Å². The molecule has 8 nitrogen and oxygen atoms in total. The second-order valence-electron chi connectivity index (χ2n) is 7.06. The SMILES string of the molecule is CCCCc1ccc(N2CC(C(=O)Nc3cnn(CC(N)=O)c3)CC2=O)cc1. The van der Waals surface area contributed by atoms with E-state index in [1.807, 2.05) is 24.3 Å². The molecule has 1 aliphatic heterocycles. The second kappa shape index (κ2) is 8.69. The molecule has 0 spiro atoms. The number of hydrogen-bond acceptors (Lipinski definition) is 4. The van der Waals surface area contributed by atoms with E-state index in [2.05, 4.69) is 17.3 Å². The number of anilines is 2. The Morgan fingerprint density at radius 1 is 1.29 bits per heavy atom. The van der Waals surface area contributed by atoms with E-state index >= 15 is 0 Å². The highest BCUT2D eigenvalue weighted by atomic mass is 16.2. The zero-order valence-electron chi connectivity index (χ0n) is 15.9. The molecule has 3 rings (SSSR count). The van der Waals surface area contributed by atoms with Crippen molar-refractivity contribution in [3.05, 3.63) is 42.2 Å². The molecule has 0 saturated carbocycles. The van der Waals surface area contributed by atoms with Crippen LogP contribution in [0.3, 0.4) is 0 Å². The van der Waals surface area contributed by atoms with Gasteiger partial charge in [0.25, 0.3) is 0 Å². The van der Waals surface area contributed by atoms with Gasteiger partial charge in [0.1, 0.15) is 6.54 Å². The molecule has 2 heterocycles. The van der Waals surface area contributed by atoms with E-state index in [9.17, 15) is 14.4 Å². The number of carbonyl (C=O) groups excluding carboxylic acids is 3. The maximum Gasteiger partial charge on any atom is 0.239 e. The monoisotopic (exact) mass is 383 g/mol. The highest BCUT2D eigenvalue weighted by molar-refractivity contribution is 6.03. The first-order valence-electron chi connectivity index (χ1n) is 9.47. The standard InChI is InChI=1S/C20H25N5O3/c1-2-3-4-14-5-7-17(8-6-14)25-11-15(9-19(25)27)20(28)23-16-10-22-24(12-16)13-18(21)26/h5-8,10,12,15H,2-4,9,11,13H2,1H3,(H2,21,26)(H,23,28). The van der Waals surface area contributed by atoms with Crippen molar-refractivity contribution in [2.45, 2.75) is 39.2 Å². The minimum atomic E-state index is -0.515. The molecule has 1 fully saturated rings. The van der Waals surface area contributed by atoms with Crippen molar-refractivity contribution in [3.63, 3.8) is 0 Å². The van der Waals surface area contributed by atoms with Gasteiger partial charge in [-0.3, -0.25) is 19.1 Å². The van der Waals surface area contributed by atoms with Gasteiger partial charge in [-0.05, 0) is 30.5 Å². The summed E-state index contributed by atoms with van der Waals surface area (Å²) in [7, 11) is 0. The first kappa shape index (κ1) is 19.6. The van der Waals surface area contributed by atoms with Crippen LogP contribution in [0.2, 0.25) is 0 Å². The number of carbonyl (C=O) groups is 3. The van der Waals surface area contributed by atoms with Crippen LogP contribution in [0.15, 0.2) is 36.7 Å². The van der Waals surface area contributed by atoms with Gasteiger partial charge in [-0.2, -0.15) is 5.10 Å². The maximum atomic E-state index is 12.5. The van der Waals surface area contributed by atoms with Gasteiger partial charge in [-0.1, -0.05) is 25.5 Å². The zero-order valence-corrected chi connectivity index (χ0v) is 15.9. The number of benzene rings is 1. The minimum absolute atomic E-state index is 0.0557. The number of aryl methyl sites for hydroxylation is 1. The number of unbranched alkanes of at least 4 members (excludes halogenated alkanes) is 1. The Morgan fingerprint density at radius 3 is 2.71 bits per heavy atom. The number of aromatic nitrogens is 2. The number of nitrogens with one attached hydrogen (secondary N) is 1. The van der Waals surface area contributed by atoms with Gasteiger partial charge in [0.05, 0.1) is 17.8 Å². The fraction of sp³-hybridized carbons (Fsp3) is 0.400. The third-order valence-corrected chi connectivity index (χ3v) is 4.78. The average molecular weight is 383 g/mol. The van der Waals surface area contributed by atoms with Crippen molar-refractivity contribution in [1.82, 2.24) is 9.78 Å². The Morgan fingerprint density at radius 2 is 2.04 bits per heavy atom. The van der Waals surface area contributed by atoms with Gasteiger partial charge in [0.2, 0.25) is 17.7 Å². The van der Waals surface area contributed by atoms with Crippen LogP contribution in [0.1, 0.15) is 31.7 Å². The van der Waals surface area contributed by atoms with Gasteiger partial charge in [0.15, 0.2) is 0 Å². The van der Waals surface area contributed by atoms with E-state index in [4.69, 9.17) is 5.73 Å². The van der Waals surface area contributed by atoms with Crippen molar-refractivity contribution in [3.8, 4) is 0 Å². The third kappa shape index (κ3) is 4.76. The highest BCUT2D eigenvalue weighted by Crippen LogP contribution is 2.26. The number of hydrogen-bond donors (Lipinski definition) is 2. The lowest BCUT2D eigenvalue weighted by Gasteiger charge is -2.17. The average Bonchev–Trinajstić information content (AvgIpc) is 3.26. The lowest BCUT2D eigenvalue weighted by atomic mass is 10.1. The number of amides is 3. The Labute approximate surface area is 163 Å². The van der Waals surface area contributed by atoms with Crippen LogP contribution in [-0.4, -0.2) is 34.0 Å². The summed E-state index contributed by atoms with van der Waals surface area (Å²) in [5.74, 6) is -1.26. The van der Waals surface area contributed by atoms with Crippen LogP contribution in [0.4, 0.5) is 11.4 Å². The summed E-state index contributed by atoms with van der Waals surface area (Å²) in [5.41, 5.74) is 7.66. The van der Waals surface area contributed by atoms with Crippen LogP contribution in [-0.2, 0) is 27.3 Å². The first-order valence-corrected chi connectivity index (χ1v) is 9.47. The van der Waals surface area contributed by atoms with Crippen LogP contribution in [0, 0.1) is 5.92 Å². The molecule has 28 heavy (non-hydrogen) atoms. The molecule has 1 aliphatic rings. The van der Waals surface area contributed by atoms with Crippen LogP contribution < -0.4 is 16.0 Å². The van der Waals surface area contributed by atoms with E-state index in [1.54, 1.807) is 4.90 Å². The molecule has 0 bridgehead atoms. The summed E-state index contributed by atoms with van der Waals surface area (Å²) < 4.78 is 1.35. The molecule has 8 heteroatoms. The molecule has 0 radical (unpaired) electrons. The van der Waals surface area contributed by atoms with Crippen molar-refractivity contribution in [1.29, 1.82) is 0 Å². The number of nitrogens with two attached hydrogens (primary N) is 1. The molecule has 2 aromatic rings. The highest BCUT2D eigenvalue weighted by Gasteiger charge is 2.35. The summed E-state index contributed by atoms with van der Waals surface area (Å²) in [5, 5.41) is 6.72. The van der Waals surface area contributed by atoms with Crippen molar-refractivity contribution < 1.29 is 14.4 Å². The molecule has 148 valence electrons. The van der Waals surface area contributed by atoms with Crippen molar-refractivity contribution >= 4 is 29.1 Å². The summed E-state index contributed by atoms with van der Waals surface area (Å²) in [6.07, 6.45) is 6.46. The number of rotatable bonds is 8. The van der Waals surface area contributed by atoms with Crippen molar-refractivity contribution in [2.75, 3.05) is 16.8 Å². The largest absolute Gasteiger partial charge is 0.368 e. The molecular weight excluding hydrogens is 358 g/mol. The van der Waals surface area contributed by atoms with Gasteiger partial charge < -0.3 is 16.0 Å². The molecule has 1 saturated heterocycles. The molecule has 1 aromatic heterocycles. The fourth-order valence-corrected chi connectivity index (χ4v) is 3.27. The second-order valence-corrected chi connectivity index (χ2v) is 7.06. The molecule has 0 aliphatic carbocycles. The predicted molar refractivity (Wildman–Crippen MR) is 106 cm³/mol. The van der Waals surface area contributed by atoms with E-state index in [0.29, 0.717) is 12.2 Å². The maximum absolute atomic E-state index is 12.5. The number of primary amides is 1. The van der Waals surface area contributed by atoms with E-state index < -0.39 is 11.8 Å². The smallest absolute Gasteiger partial charge is 0.239 e. The zero-order chi connectivity index (χ0) is 20.1.